The molecule has 1 aromatic carbocycles. The number of benzene rings is 1. The summed E-state index contributed by atoms with van der Waals surface area (Å²) < 4.78 is 45.2. The molecule has 14 heavy (non-hydrogen) atoms. The van der Waals surface area contributed by atoms with E-state index in [0.29, 0.717) is 0 Å². The molecule has 1 atom stereocenters. The van der Waals surface area contributed by atoms with Crippen LogP contribution in [0.4, 0.5) is 13.2 Å². The number of nitrogens with two attached hydrogens (primary N) is 1. The van der Waals surface area contributed by atoms with Crippen molar-refractivity contribution in [2.75, 3.05) is 0 Å². The standard InChI is InChI=1S/C9H10F3N.ClH/c1-5(13)6-3-2-4-7(8(6)10)9(11)12;/h2-5,9H,13H2,1H3;1H/t5-;/m1./s1/i5D;. The minimum atomic E-state index is -2.89. The molecule has 5 heteroatoms. The summed E-state index contributed by atoms with van der Waals surface area (Å²) >= 11 is 0. The Bertz CT molecular complexity index is 339. The Hall–Kier alpha value is -0.740. The Morgan fingerprint density at radius 2 is 1.86 bits per heavy atom. The summed E-state index contributed by atoms with van der Waals surface area (Å²) in [5.41, 5.74) is 4.37. The van der Waals surface area contributed by atoms with Crippen molar-refractivity contribution in [3.05, 3.63) is 35.1 Å². The molecule has 0 bridgehead atoms. The Balaban J connectivity index is 0.00000196. The lowest BCUT2D eigenvalue weighted by atomic mass is 10.0. The van der Waals surface area contributed by atoms with Gasteiger partial charge < -0.3 is 5.73 Å². The van der Waals surface area contributed by atoms with Gasteiger partial charge in [0, 0.05) is 11.6 Å². The molecule has 0 heterocycles. The number of hydrogen-bond donors (Lipinski definition) is 1. The van der Waals surface area contributed by atoms with Crippen molar-refractivity contribution in [1.29, 1.82) is 0 Å². The Morgan fingerprint density at radius 3 is 2.29 bits per heavy atom. The van der Waals surface area contributed by atoms with Crippen molar-refractivity contribution in [2.45, 2.75) is 19.4 Å². The summed E-state index contributed by atoms with van der Waals surface area (Å²) in [6.45, 7) is 1.24. The van der Waals surface area contributed by atoms with Gasteiger partial charge in [0.05, 0.1) is 6.93 Å². The van der Waals surface area contributed by atoms with Gasteiger partial charge >= 0.3 is 0 Å². The van der Waals surface area contributed by atoms with E-state index in [0.717, 1.165) is 6.07 Å². The van der Waals surface area contributed by atoms with Gasteiger partial charge in [-0.15, -0.1) is 12.4 Å². The predicted octanol–water partition coefficient (Wildman–Crippen LogP) is 3.20. The second kappa shape index (κ2) is 5.22. The maximum Gasteiger partial charge on any atom is 0.266 e. The highest BCUT2D eigenvalue weighted by Gasteiger charge is 2.17. The Morgan fingerprint density at radius 1 is 1.36 bits per heavy atom. The van der Waals surface area contributed by atoms with Gasteiger partial charge in [0.1, 0.15) is 5.82 Å². The largest absolute Gasteiger partial charge is 0.324 e. The molecule has 1 rings (SSSR count). The van der Waals surface area contributed by atoms with Gasteiger partial charge in [0.15, 0.2) is 0 Å². The summed E-state index contributed by atoms with van der Waals surface area (Å²) in [6, 6.07) is 1.78. The lowest BCUT2D eigenvalue weighted by molar-refractivity contribution is 0.146. The first-order valence-electron chi connectivity index (χ1n) is 4.20. The number of alkyl halides is 2. The zero-order valence-electron chi connectivity index (χ0n) is 8.43. The van der Waals surface area contributed by atoms with Gasteiger partial charge in [-0.25, -0.2) is 13.2 Å². The zero-order valence-corrected chi connectivity index (χ0v) is 8.25. The van der Waals surface area contributed by atoms with Crippen LogP contribution in [-0.2, 0) is 0 Å². The van der Waals surface area contributed by atoms with Gasteiger partial charge in [-0.3, -0.25) is 0 Å². The van der Waals surface area contributed by atoms with Crippen LogP contribution in [0.25, 0.3) is 0 Å². The lowest BCUT2D eigenvalue weighted by Gasteiger charge is -2.09. The fraction of sp³-hybridized carbons (Fsp3) is 0.333. The van der Waals surface area contributed by atoms with Crippen LogP contribution in [-0.4, -0.2) is 0 Å². The predicted molar refractivity (Wildman–Crippen MR) is 51.2 cm³/mol. The van der Waals surface area contributed by atoms with E-state index in [-0.39, 0.29) is 18.0 Å². The minimum absolute atomic E-state index is 0. The summed E-state index contributed by atoms with van der Waals surface area (Å²) in [6.07, 6.45) is -2.89. The first kappa shape index (κ1) is 11.3. The van der Waals surface area contributed by atoms with Gasteiger partial charge in [-0.05, 0) is 6.92 Å². The van der Waals surface area contributed by atoms with Crippen LogP contribution < -0.4 is 5.73 Å². The van der Waals surface area contributed by atoms with Crippen LogP contribution >= 0.6 is 12.4 Å². The highest BCUT2D eigenvalue weighted by Crippen LogP contribution is 2.26. The average Bonchev–Trinajstić information content (AvgIpc) is 2.01. The maximum atomic E-state index is 13.3. The summed E-state index contributed by atoms with van der Waals surface area (Å²) in [5.74, 6) is -1.09. The molecule has 0 aliphatic carbocycles. The molecular formula is C9H11ClF3N. The SMILES string of the molecule is Cl.[2H][C@](C)(N)c1cccc(C(F)F)c1F. The second-order valence-corrected chi connectivity index (χ2v) is 2.69. The van der Waals surface area contributed by atoms with E-state index in [1.165, 1.54) is 19.1 Å². The fourth-order valence-corrected chi connectivity index (χ4v) is 1.02. The van der Waals surface area contributed by atoms with Crippen molar-refractivity contribution in [3.63, 3.8) is 0 Å². The summed E-state index contributed by atoms with van der Waals surface area (Å²) in [7, 11) is 0. The average molecular weight is 227 g/mol. The molecule has 0 aliphatic rings. The Labute approximate surface area is 87.9 Å². The molecule has 1 aromatic rings. The molecule has 0 amide bonds. The van der Waals surface area contributed by atoms with E-state index >= 15 is 0 Å². The van der Waals surface area contributed by atoms with E-state index in [1.54, 1.807) is 0 Å². The van der Waals surface area contributed by atoms with Gasteiger partial charge in [-0.2, -0.15) is 0 Å². The number of halogens is 4. The number of rotatable bonds is 2. The van der Waals surface area contributed by atoms with E-state index in [9.17, 15) is 13.2 Å². The van der Waals surface area contributed by atoms with Gasteiger partial charge in [0.2, 0.25) is 0 Å². The quantitative estimate of drug-likeness (QED) is 0.824. The molecular weight excluding hydrogens is 215 g/mol. The molecule has 0 saturated heterocycles. The third kappa shape index (κ3) is 2.62. The van der Waals surface area contributed by atoms with Crippen molar-refractivity contribution in [2.24, 2.45) is 5.73 Å². The van der Waals surface area contributed by atoms with Crippen LogP contribution in [0.15, 0.2) is 18.2 Å². The highest BCUT2D eigenvalue weighted by atomic mass is 35.5. The van der Waals surface area contributed by atoms with Crippen LogP contribution in [0.1, 0.15) is 31.9 Å². The van der Waals surface area contributed by atoms with Crippen LogP contribution in [0.3, 0.4) is 0 Å². The van der Waals surface area contributed by atoms with E-state index in [1.807, 2.05) is 0 Å². The van der Waals surface area contributed by atoms with E-state index in [2.05, 4.69) is 0 Å². The van der Waals surface area contributed by atoms with Crippen LogP contribution in [0.2, 0.25) is 0 Å². The molecule has 2 N–H and O–H groups in total. The first-order valence-corrected chi connectivity index (χ1v) is 3.70. The summed E-state index contributed by atoms with van der Waals surface area (Å²) in [4.78, 5) is 0. The molecule has 0 spiro atoms. The highest BCUT2D eigenvalue weighted by molar-refractivity contribution is 5.85. The lowest BCUT2D eigenvalue weighted by Crippen LogP contribution is -2.09. The molecule has 0 unspecified atom stereocenters. The molecule has 0 radical (unpaired) electrons. The molecule has 0 aliphatic heterocycles. The monoisotopic (exact) mass is 226 g/mol. The van der Waals surface area contributed by atoms with Gasteiger partial charge in [-0.1, -0.05) is 18.2 Å². The van der Waals surface area contributed by atoms with Crippen LogP contribution in [0.5, 0.6) is 0 Å². The van der Waals surface area contributed by atoms with Crippen molar-refractivity contribution >= 4 is 12.4 Å². The van der Waals surface area contributed by atoms with Crippen LogP contribution in [0, 0.1) is 5.82 Å². The molecule has 0 aromatic heterocycles. The second-order valence-electron chi connectivity index (χ2n) is 2.69. The zero-order chi connectivity index (χ0) is 10.9. The molecule has 80 valence electrons. The normalized spacial score (nSPS) is 15.7. The van der Waals surface area contributed by atoms with E-state index < -0.39 is 23.8 Å². The third-order valence-electron chi connectivity index (χ3n) is 1.69. The molecule has 0 fully saturated rings. The molecule has 0 saturated carbocycles. The summed E-state index contributed by atoms with van der Waals surface area (Å²) in [5, 5.41) is 0. The number of hydrogen-bond acceptors (Lipinski definition) is 1. The maximum absolute atomic E-state index is 13.3. The third-order valence-corrected chi connectivity index (χ3v) is 1.69. The van der Waals surface area contributed by atoms with Gasteiger partial charge in [0.25, 0.3) is 6.43 Å². The van der Waals surface area contributed by atoms with Crippen molar-refractivity contribution < 1.29 is 14.5 Å². The first-order chi connectivity index (χ1) is 6.34. The Kier molecular flexibility index (Phi) is 4.22. The van der Waals surface area contributed by atoms with Crippen molar-refractivity contribution in [3.8, 4) is 0 Å². The smallest absolute Gasteiger partial charge is 0.266 e. The fourth-order valence-electron chi connectivity index (χ4n) is 1.02. The molecule has 1 nitrogen and oxygen atoms in total. The van der Waals surface area contributed by atoms with E-state index in [4.69, 9.17) is 7.10 Å². The van der Waals surface area contributed by atoms with Crippen molar-refractivity contribution in [1.82, 2.24) is 0 Å². The minimum Gasteiger partial charge on any atom is -0.324 e. The topological polar surface area (TPSA) is 26.0 Å².